The summed E-state index contributed by atoms with van der Waals surface area (Å²) in [6.07, 6.45) is 0.0443. The number of para-hydroxylation sites is 1. The van der Waals surface area contributed by atoms with E-state index in [9.17, 15) is 4.79 Å². The van der Waals surface area contributed by atoms with Crippen molar-refractivity contribution in [3.05, 3.63) is 137 Å². The molecule has 6 rings (SSSR count). The summed E-state index contributed by atoms with van der Waals surface area (Å²) in [6, 6.07) is 36.4. The van der Waals surface area contributed by atoms with E-state index in [4.69, 9.17) is 9.47 Å². The molecule has 0 saturated heterocycles. The van der Waals surface area contributed by atoms with Gasteiger partial charge in [-0.25, -0.2) is 4.79 Å². The Kier molecular flexibility index (Phi) is 4.78. The summed E-state index contributed by atoms with van der Waals surface area (Å²) in [5.74, 6) is -0.317. The molecular weight excluding hydrogens is 422 g/mol. The molecule has 2 atom stereocenters. The standard InChI is InChI=1S/C30H25NO3/c1-29(27-20-21-12-8-9-17-24(21)28(32)33-27)31-26-19-11-10-18-25(26)30(34-29,22-13-4-2-5-14-22)23-15-6-3-7-16-23/h2-19,27,31H,20H2,1H3/t27-,29-/m1/s1. The molecular formula is C30H25NO3. The molecule has 168 valence electrons. The van der Waals surface area contributed by atoms with E-state index in [2.05, 4.69) is 41.7 Å². The number of hydrogen-bond donors (Lipinski definition) is 1. The van der Waals surface area contributed by atoms with E-state index < -0.39 is 17.4 Å². The Morgan fingerprint density at radius 2 is 1.35 bits per heavy atom. The van der Waals surface area contributed by atoms with Crippen LogP contribution < -0.4 is 5.32 Å². The molecule has 4 aromatic carbocycles. The van der Waals surface area contributed by atoms with Crippen LogP contribution in [0.25, 0.3) is 0 Å². The van der Waals surface area contributed by atoms with E-state index in [0.717, 1.165) is 27.9 Å². The Balaban J connectivity index is 1.55. The zero-order valence-corrected chi connectivity index (χ0v) is 18.9. The van der Waals surface area contributed by atoms with Crippen LogP contribution in [-0.4, -0.2) is 17.8 Å². The van der Waals surface area contributed by atoms with Gasteiger partial charge in [0.05, 0.1) is 5.56 Å². The Morgan fingerprint density at radius 3 is 2.06 bits per heavy atom. The largest absolute Gasteiger partial charge is 0.453 e. The molecule has 0 aliphatic carbocycles. The normalized spacial score (nSPS) is 22.6. The summed E-state index contributed by atoms with van der Waals surface area (Å²) in [4.78, 5) is 12.9. The van der Waals surface area contributed by atoms with Crippen LogP contribution in [0.3, 0.4) is 0 Å². The van der Waals surface area contributed by atoms with Gasteiger partial charge in [-0.15, -0.1) is 0 Å². The van der Waals surface area contributed by atoms with E-state index >= 15 is 0 Å². The zero-order valence-electron chi connectivity index (χ0n) is 18.9. The van der Waals surface area contributed by atoms with Gasteiger partial charge in [0.15, 0.2) is 11.8 Å². The molecule has 2 aliphatic heterocycles. The molecule has 0 spiro atoms. The molecule has 4 nitrogen and oxygen atoms in total. The second-order valence-corrected chi connectivity index (χ2v) is 9.05. The van der Waals surface area contributed by atoms with E-state index in [1.165, 1.54) is 0 Å². The first-order valence-corrected chi connectivity index (χ1v) is 11.6. The Hall–Kier alpha value is -3.89. The third-order valence-corrected chi connectivity index (χ3v) is 6.92. The van der Waals surface area contributed by atoms with E-state index in [1.807, 2.05) is 79.7 Å². The topological polar surface area (TPSA) is 47.6 Å². The Morgan fingerprint density at radius 1 is 0.765 bits per heavy atom. The van der Waals surface area contributed by atoms with Crippen molar-refractivity contribution in [1.82, 2.24) is 0 Å². The lowest BCUT2D eigenvalue weighted by Crippen LogP contribution is -2.60. The van der Waals surface area contributed by atoms with Crippen molar-refractivity contribution in [2.24, 2.45) is 0 Å². The quantitative estimate of drug-likeness (QED) is 0.396. The molecule has 0 radical (unpaired) electrons. The summed E-state index contributed by atoms with van der Waals surface area (Å²) in [5.41, 5.74) is 3.74. The number of carbonyl (C=O) groups is 1. The van der Waals surface area contributed by atoms with Crippen LogP contribution in [0, 0.1) is 0 Å². The average Bonchev–Trinajstić information content (AvgIpc) is 2.89. The third kappa shape index (κ3) is 3.14. The molecule has 2 heterocycles. The minimum absolute atomic E-state index is 0.317. The number of hydrogen-bond acceptors (Lipinski definition) is 4. The maximum absolute atomic E-state index is 12.9. The van der Waals surface area contributed by atoms with Crippen molar-refractivity contribution in [2.75, 3.05) is 5.32 Å². The highest BCUT2D eigenvalue weighted by Crippen LogP contribution is 2.51. The van der Waals surface area contributed by atoms with Crippen LogP contribution in [0.1, 0.15) is 39.5 Å². The number of fused-ring (bicyclic) bond motifs is 2. The number of ether oxygens (including phenoxy) is 2. The molecule has 0 aromatic heterocycles. The Labute approximate surface area is 199 Å². The second kappa shape index (κ2) is 7.86. The monoisotopic (exact) mass is 447 g/mol. The van der Waals surface area contributed by atoms with Gasteiger partial charge in [0.2, 0.25) is 0 Å². The predicted octanol–water partition coefficient (Wildman–Crippen LogP) is 5.92. The molecule has 2 aliphatic rings. The number of anilines is 1. The van der Waals surface area contributed by atoms with Crippen LogP contribution in [0.4, 0.5) is 5.69 Å². The highest BCUT2D eigenvalue weighted by Gasteiger charge is 2.53. The van der Waals surface area contributed by atoms with E-state index in [1.54, 1.807) is 0 Å². The highest BCUT2D eigenvalue weighted by molar-refractivity contribution is 5.92. The first-order valence-electron chi connectivity index (χ1n) is 11.6. The van der Waals surface area contributed by atoms with Crippen LogP contribution in [0.5, 0.6) is 0 Å². The van der Waals surface area contributed by atoms with Gasteiger partial charge in [0.1, 0.15) is 5.60 Å². The highest BCUT2D eigenvalue weighted by atomic mass is 16.6. The summed E-state index contributed by atoms with van der Waals surface area (Å²) in [7, 11) is 0. The minimum Gasteiger partial charge on any atom is -0.453 e. The first kappa shape index (κ1) is 20.7. The zero-order chi connectivity index (χ0) is 23.2. The maximum atomic E-state index is 12.9. The lowest BCUT2D eigenvalue weighted by Gasteiger charge is -2.52. The third-order valence-electron chi connectivity index (χ3n) is 6.92. The number of carbonyl (C=O) groups excluding carboxylic acids is 1. The summed E-state index contributed by atoms with van der Waals surface area (Å²) in [5, 5.41) is 3.59. The van der Waals surface area contributed by atoms with Gasteiger partial charge >= 0.3 is 5.97 Å². The molecule has 0 saturated carbocycles. The number of rotatable bonds is 3. The van der Waals surface area contributed by atoms with Gasteiger partial charge in [0.25, 0.3) is 0 Å². The Bertz CT molecular complexity index is 1310. The van der Waals surface area contributed by atoms with Gasteiger partial charge in [-0.2, -0.15) is 0 Å². The average molecular weight is 448 g/mol. The van der Waals surface area contributed by atoms with Gasteiger partial charge < -0.3 is 14.8 Å². The van der Waals surface area contributed by atoms with Crippen molar-refractivity contribution < 1.29 is 14.3 Å². The lowest BCUT2D eigenvalue weighted by atomic mass is 9.77. The van der Waals surface area contributed by atoms with Crippen LogP contribution in [0.15, 0.2) is 109 Å². The van der Waals surface area contributed by atoms with Crippen molar-refractivity contribution in [3.63, 3.8) is 0 Å². The maximum Gasteiger partial charge on any atom is 0.338 e. The van der Waals surface area contributed by atoms with Crippen molar-refractivity contribution in [2.45, 2.75) is 30.8 Å². The molecule has 0 fully saturated rings. The second-order valence-electron chi connectivity index (χ2n) is 9.05. The molecule has 4 heteroatoms. The SMILES string of the molecule is C[C@@]1([C@H]2Cc3ccccc3C(=O)O2)Nc2ccccc2C(c2ccccc2)(c2ccccc2)O1. The predicted molar refractivity (Wildman–Crippen MR) is 132 cm³/mol. The fourth-order valence-electron chi connectivity index (χ4n) is 5.29. The number of cyclic esters (lactones) is 1. The van der Waals surface area contributed by atoms with E-state index in [-0.39, 0.29) is 5.97 Å². The van der Waals surface area contributed by atoms with Crippen molar-refractivity contribution in [1.29, 1.82) is 0 Å². The van der Waals surface area contributed by atoms with E-state index in [0.29, 0.717) is 12.0 Å². The van der Waals surface area contributed by atoms with Gasteiger partial charge in [-0.1, -0.05) is 97.1 Å². The summed E-state index contributed by atoms with van der Waals surface area (Å²) >= 11 is 0. The van der Waals surface area contributed by atoms with Gasteiger partial charge in [0, 0.05) is 17.7 Å². The number of benzene rings is 4. The van der Waals surface area contributed by atoms with Crippen molar-refractivity contribution in [3.8, 4) is 0 Å². The molecule has 0 bridgehead atoms. The number of nitrogens with one attached hydrogen (secondary N) is 1. The lowest BCUT2D eigenvalue weighted by molar-refractivity contribution is -0.161. The summed E-state index contributed by atoms with van der Waals surface area (Å²) in [6.45, 7) is 1.98. The van der Waals surface area contributed by atoms with Gasteiger partial charge in [-0.05, 0) is 35.7 Å². The number of esters is 1. The minimum atomic E-state index is -0.983. The molecule has 0 amide bonds. The molecule has 1 N–H and O–H groups in total. The first-order chi connectivity index (χ1) is 16.6. The van der Waals surface area contributed by atoms with Crippen LogP contribution >= 0.6 is 0 Å². The molecule has 0 unspecified atom stereocenters. The van der Waals surface area contributed by atoms with Crippen LogP contribution in [-0.2, 0) is 21.5 Å². The summed E-state index contributed by atoms with van der Waals surface area (Å²) < 4.78 is 13.2. The smallest absolute Gasteiger partial charge is 0.338 e. The van der Waals surface area contributed by atoms with Crippen LogP contribution in [0.2, 0.25) is 0 Å². The molecule has 4 aromatic rings. The van der Waals surface area contributed by atoms with Gasteiger partial charge in [-0.3, -0.25) is 0 Å². The van der Waals surface area contributed by atoms with Crippen molar-refractivity contribution >= 4 is 11.7 Å². The molecule has 34 heavy (non-hydrogen) atoms. The fourth-order valence-corrected chi connectivity index (χ4v) is 5.29. The fraction of sp³-hybridized carbons (Fsp3) is 0.167.